The predicted octanol–water partition coefficient (Wildman–Crippen LogP) is 14.1. The van der Waals surface area contributed by atoms with Gasteiger partial charge in [0.25, 0.3) is 7.82 Å². The van der Waals surface area contributed by atoms with Crippen molar-refractivity contribution in [2.24, 2.45) is 0 Å². The molecule has 0 aliphatic rings. The molecule has 0 heterocycles. The Kier molecular flexibility index (Phi) is 42.7. The van der Waals surface area contributed by atoms with Gasteiger partial charge in [-0.05, 0) is 77.0 Å². The fourth-order valence-electron chi connectivity index (χ4n) is 6.85. The van der Waals surface area contributed by atoms with Crippen molar-refractivity contribution in [1.29, 1.82) is 0 Å². The Morgan fingerprint density at radius 1 is 0.565 bits per heavy atom. The molecule has 8 nitrogen and oxygen atoms in total. The van der Waals surface area contributed by atoms with Crippen molar-refractivity contribution in [2.75, 3.05) is 40.9 Å². The molecule has 3 unspecified atom stereocenters. The predicted molar refractivity (Wildman–Crippen MR) is 265 cm³/mol. The standard InChI is InChI=1S/C53H97N2O6P/c1-6-8-10-12-14-16-18-19-20-21-22-23-24-25-26-27-28-29-30-31-32-33-34-35-37-39-41-43-45-47-53(57)54-51(50-61-62(58,59)60-49-48-55(3,4)5)52(56)46-44-42-40-38-36-17-15-13-11-9-7-2/h11,13,18-19,21-22,24-25,36,38,44,46,51-52,56H,6-10,12,14-17,20,23,26-35,37,39-43,45,47-50H2,1-5H3,(H-,54,57,58,59)/b13-11+,19-18-,22-21-,25-24-,38-36+,46-44+. The van der Waals surface area contributed by atoms with Crippen LogP contribution >= 0.6 is 7.82 Å². The zero-order chi connectivity index (χ0) is 45.7. The van der Waals surface area contributed by atoms with Crippen molar-refractivity contribution in [3.8, 4) is 0 Å². The number of rotatable bonds is 45. The number of unbranched alkanes of at least 4 members (excludes halogenated alkanes) is 22. The second-order valence-corrected chi connectivity index (χ2v) is 19.6. The molecule has 0 aromatic carbocycles. The molecule has 0 aromatic heterocycles. The van der Waals surface area contributed by atoms with E-state index in [1.54, 1.807) is 6.08 Å². The minimum atomic E-state index is -4.60. The number of quaternary nitrogens is 1. The van der Waals surface area contributed by atoms with E-state index in [4.69, 9.17) is 9.05 Å². The van der Waals surface area contributed by atoms with E-state index in [1.165, 1.54) is 122 Å². The molecule has 360 valence electrons. The number of hydrogen-bond acceptors (Lipinski definition) is 6. The van der Waals surface area contributed by atoms with Crippen LogP contribution in [0.25, 0.3) is 0 Å². The van der Waals surface area contributed by atoms with Crippen molar-refractivity contribution < 1.29 is 32.9 Å². The summed E-state index contributed by atoms with van der Waals surface area (Å²) in [7, 11) is 1.23. The van der Waals surface area contributed by atoms with Crippen LogP contribution in [0.3, 0.4) is 0 Å². The van der Waals surface area contributed by atoms with Crippen LogP contribution in [-0.2, 0) is 18.4 Å². The number of carbonyl (C=O) groups excluding carboxylic acids is 1. The number of hydrogen-bond donors (Lipinski definition) is 2. The summed E-state index contributed by atoms with van der Waals surface area (Å²) < 4.78 is 23.2. The quantitative estimate of drug-likeness (QED) is 0.0273. The molecule has 0 aliphatic carbocycles. The molecule has 2 N–H and O–H groups in total. The molecule has 0 spiro atoms. The molecule has 0 bridgehead atoms. The van der Waals surface area contributed by atoms with Crippen molar-refractivity contribution in [3.63, 3.8) is 0 Å². The zero-order valence-corrected chi connectivity index (χ0v) is 41.7. The highest BCUT2D eigenvalue weighted by Crippen LogP contribution is 2.38. The van der Waals surface area contributed by atoms with Crippen molar-refractivity contribution in [2.45, 2.75) is 219 Å². The van der Waals surface area contributed by atoms with Crippen LogP contribution in [0.2, 0.25) is 0 Å². The smallest absolute Gasteiger partial charge is 0.268 e. The van der Waals surface area contributed by atoms with Crippen molar-refractivity contribution in [1.82, 2.24) is 5.32 Å². The average molecular weight is 889 g/mol. The summed E-state index contributed by atoms with van der Waals surface area (Å²) >= 11 is 0. The summed E-state index contributed by atoms with van der Waals surface area (Å²) in [4.78, 5) is 25.3. The molecule has 0 radical (unpaired) electrons. The van der Waals surface area contributed by atoms with Gasteiger partial charge in [0.2, 0.25) is 5.91 Å². The molecular formula is C53H97N2O6P. The summed E-state index contributed by atoms with van der Waals surface area (Å²) in [6.45, 7) is 4.52. The van der Waals surface area contributed by atoms with E-state index >= 15 is 0 Å². The number of phosphoric ester groups is 1. The fraction of sp³-hybridized carbons (Fsp3) is 0.755. The molecule has 0 rings (SSSR count). The number of phosphoric acid groups is 1. The Bertz CT molecular complexity index is 1240. The minimum Gasteiger partial charge on any atom is -0.756 e. The first kappa shape index (κ1) is 59.9. The van der Waals surface area contributed by atoms with E-state index in [0.717, 1.165) is 64.2 Å². The third-order valence-electron chi connectivity index (χ3n) is 10.8. The lowest BCUT2D eigenvalue weighted by Gasteiger charge is -2.29. The maximum atomic E-state index is 12.9. The number of allylic oxidation sites excluding steroid dienone is 11. The largest absolute Gasteiger partial charge is 0.756 e. The van der Waals surface area contributed by atoms with Crippen LogP contribution in [0.1, 0.15) is 206 Å². The summed E-state index contributed by atoms with van der Waals surface area (Å²) in [6, 6.07) is -0.911. The number of likely N-dealkylation sites (N-methyl/N-ethyl adjacent to an activating group) is 1. The number of aliphatic hydroxyl groups is 1. The van der Waals surface area contributed by atoms with Gasteiger partial charge < -0.3 is 28.8 Å². The van der Waals surface area contributed by atoms with Gasteiger partial charge >= 0.3 is 0 Å². The molecule has 9 heteroatoms. The molecule has 0 aliphatic heterocycles. The number of nitrogens with zero attached hydrogens (tertiary/aromatic N) is 1. The molecule has 0 aromatic rings. The lowest BCUT2D eigenvalue weighted by atomic mass is 10.0. The second-order valence-electron chi connectivity index (χ2n) is 18.1. The van der Waals surface area contributed by atoms with Gasteiger partial charge in [0, 0.05) is 6.42 Å². The molecule has 0 saturated heterocycles. The van der Waals surface area contributed by atoms with Crippen LogP contribution in [0.5, 0.6) is 0 Å². The third-order valence-corrected chi connectivity index (χ3v) is 11.8. The highest BCUT2D eigenvalue weighted by atomic mass is 31.2. The topological polar surface area (TPSA) is 108 Å². The second kappa shape index (κ2) is 44.2. The molecule has 62 heavy (non-hydrogen) atoms. The third kappa shape index (κ3) is 45.9. The fourth-order valence-corrected chi connectivity index (χ4v) is 7.57. The van der Waals surface area contributed by atoms with Gasteiger partial charge in [0.05, 0.1) is 39.9 Å². The highest BCUT2D eigenvalue weighted by Gasteiger charge is 2.23. The van der Waals surface area contributed by atoms with Crippen molar-refractivity contribution >= 4 is 13.7 Å². The number of nitrogens with one attached hydrogen (secondary N) is 1. The van der Waals surface area contributed by atoms with Gasteiger partial charge in [-0.25, -0.2) is 0 Å². The Morgan fingerprint density at radius 2 is 0.984 bits per heavy atom. The molecular weight excluding hydrogens is 792 g/mol. The summed E-state index contributed by atoms with van der Waals surface area (Å²) in [6.07, 6.45) is 59.8. The maximum absolute atomic E-state index is 12.9. The van der Waals surface area contributed by atoms with Gasteiger partial charge in [-0.2, -0.15) is 0 Å². The SMILES string of the molecule is CCC/C=C/CC/C=C/CC/C=C/C(O)C(COP(=O)([O-])OCC[N+](C)(C)C)NC(=O)CCCCCCCCCCCCCCCC/C=C\C/C=C\C/C=C\CCCCCCC. The molecule has 0 fully saturated rings. The highest BCUT2D eigenvalue weighted by molar-refractivity contribution is 7.45. The molecule has 1 amide bonds. The Morgan fingerprint density at radius 3 is 1.47 bits per heavy atom. The number of amides is 1. The van der Waals surface area contributed by atoms with Crippen LogP contribution in [0.15, 0.2) is 72.9 Å². The first-order valence-corrected chi connectivity index (χ1v) is 26.8. The first-order valence-electron chi connectivity index (χ1n) is 25.3. The lowest BCUT2D eigenvalue weighted by Crippen LogP contribution is -2.45. The van der Waals surface area contributed by atoms with Gasteiger partial charge in [0.15, 0.2) is 0 Å². The summed E-state index contributed by atoms with van der Waals surface area (Å²) in [5.74, 6) is -0.216. The Balaban J connectivity index is 4.14. The van der Waals surface area contributed by atoms with E-state index in [-0.39, 0.29) is 12.5 Å². The summed E-state index contributed by atoms with van der Waals surface area (Å²) in [5, 5.41) is 13.7. The molecule has 0 saturated carbocycles. The minimum absolute atomic E-state index is 0.0117. The number of carbonyl (C=O) groups is 1. The Hall–Kier alpha value is -2.06. The normalized spacial score (nSPS) is 14.8. The number of aliphatic hydroxyl groups excluding tert-OH is 1. The lowest BCUT2D eigenvalue weighted by molar-refractivity contribution is -0.870. The van der Waals surface area contributed by atoms with Crippen LogP contribution < -0.4 is 10.2 Å². The van der Waals surface area contributed by atoms with Crippen LogP contribution in [-0.4, -0.2) is 68.5 Å². The van der Waals surface area contributed by atoms with Gasteiger partial charge in [-0.15, -0.1) is 0 Å². The van der Waals surface area contributed by atoms with Gasteiger partial charge in [-0.3, -0.25) is 9.36 Å². The average Bonchev–Trinajstić information content (AvgIpc) is 3.23. The van der Waals surface area contributed by atoms with E-state index in [9.17, 15) is 19.4 Å². The molecule has 3 atom stereocenters. The summed E-state index contributed by atoms with van der Waals surface area (Å²) in [5.41, 5.74) is 0. The van der Waals surface area contributed by atoms with Gasteiger partial charge in [-0.1, -0.05) is 196 Å². The zero-order valence-electron chi connectivity index (χ0n) is 40.8. The monoisotopic (exact) mass is 889 g/mol. The van der Waals surface area contributed by atoms with Crippen LogP contribution in [0.4, 0.5) is 0 Å². The van der Waals surface area contributed by atoms with E-state index in [0.29, 0.717) is 17.4 Å². The van der Waals surface area contributed by atoms with Crippen LogP contribution in [0, 0.1) is 0 Å². The van der Waals surface area contributed by atoms with Crippen molar-refractivity contribution in [3.05, 3.63) is 72.9 Å². The van der Waals surface area contributed by atoms with E-state index in [1.807, 2.05) is 27.2 Å². The van der Waals surface area contributed by atoms with E-state index < -0.39 is 26.6 Å². The van der Waals surface area contributed by atoms with Gasteiger partial charge in [0.1, 0.15) is 13.2 Å². The maximum Gasteiger partial charge on any atom is 0.268 e. The Labute approximate surface area is 383 Å². The van der Waals surface area contributed by atoms with E-state index in [2.05, 4.69) is 79.9 Å². The first-order chi connectivity index (χ1) is 30.0.